The second-order valence-corrected chi connectivity index (χ2v) is 4.76. The summed E-state index contributed by atoms with van der Waals surface area (Å²) in [6, 6.07) is 0.123. The molecule has 1 saturated heterocycles. The van der Waals surface area contributed by atoms with Crippen LogP contribution in [0.15, 0.2) is 6.20 Å². The number of amides is 1. The number of aryl methyl sites for hydroxylation is 1. The number of piperidine rings is 1. The minimum atomic E-state index is -0.934. The van der Waals surface area contributed by atoms with Gasteiger partial charge in [0.25, 0.3) is 0 Å². The maximum Gasteiger partial charge on any atom is 0.404 e. The van der Waals surface area contributed by atoms with Crippen molar-refractivity contribution >= 4 is 17.6 Å². The second-order valence-electron chi connectivity index (χ2n) is 4.76. The summed E-state index contributed by atoms with van der Waals surface area (Å²) < 4.78 is 1.76. The number of anilines is 2. The van der Waals surface area contributed by atoms with Gasteiger partial charge in [-0.05, 0) is 0 Å². The van der Waals surface area contributed by atoms with Gasteiger partial charge in [-0.1, -0.05) is 0 Å². The molecule has 0 aromatic carbocycles. The van der Waals surface area contributed by atoms with Crippen LogP contribution in [0, 0.1) is 11.8 Å². The average Bonchev–Trinajstić information content (AvgIpc) is 2.64. The number of nitrogens with two attached hydrogens (primary N) is 1. The fraction of sp³-hybridized carbons (Fsp3) is 0.600. The molecule has 1 aromatic rings. The summed E-state index contributed by atoms with van der Waals surface area (Å²) in [5, 5.41) is 15.3. The largest absolute Gasteiger partial charge is 0.465 e. The van der Waals surface area contributed by atoms with Gasteiger partial charge < -0.3 is 21.1 Å². The lowest BCUT2D eigenvalue weighted by atomic mass is 10.3. The van der Waals surface area contributed by atoms with Gasteiger partial charge in [0.05, 0.1) is 11.9 Å². The number of hydrogen-bond acceptors (Lipinski definition) is 4. The minimum Gasteiger partial charge on any atom is -0.465 e. The smallest absolute Gasteiger partial charge is 0.404 e. The molecule has 1 aromatic heterocycles. The highest BCUT2D eigenvalue weighted by Crippen LogP contribution is 2.47. The molecule has 2 unspecified atom stereocenters. The van der Waals surface area contributed by atoms with Crippen molar-refractivity contribution in [2.75, 3.05) is 23.7 Å². The van der Waals surface area contributed by atoms with Crippen LogP contribution in [0.4, 0.5) is 16.3 Å². The van der Waals surface area contributed by atoms with Crippen LogP contribution in [-0.4, -0.2) is 40.1 Å². The Hall–Kier alpha value is -1.92. The normalized spacial score (nSPS) is 30.2. The zero-order valence-corrected chi connectivity index (χ0v) is 9.50. The van der Waals surface area contributed by atoms with Gasteiger partial charge in [0, 0.05) is 38.0 Å². The summed E-state index contributed by atoms with van der Waals surface area (Å²) in [5.74, 6) is 1.77. The van der Waals surface area contributed by atoms with E-state index in [1.54, 1.807) is 10.9 Å². The highest BCUT2D eigenvalue weighted by Gasteiger charge is 2.57. The van der Waals surface area contributed by atoms with Gasteiger partial charge in [-0.3, -0.25) is 4.68 Å². The van der Waals surface area contributed by atoms with Crippen LogP contribution in [0.2, 0.25) is 0 Å². The second kappa shape index (κ2) is 3.28. The van der Waals surface area contributed by atoms with E-state index >= 15 is 0 Å². The van der Waals surface area contributed by atoms with E-state index in [4.69, 9.17) is 10.8 Å². The Labute approximate surface area is 98.2 Å². The number of nitrogen functional groups attached to an aromatic ring is 1. The van der Waals surface area contributed by atoms with Crippen molar-refractivity contribution < 1.29 is 9.90 Å². The number of carbonyl (C=O) groups is 1. The summed E-state index contributed by atoms with van der Waals surface area (Å²) in [7, 11) is 1.86. The van der Waals surface area contributed by atoms with Crippen molar-refractivity contribution in [3.8, 4) is 0 Å². The molecule has 7 heteroatoms. The van der Waals surface area contributed by atoms with E-state index in [0.717, 1.165) is 18.9 Å². The van der Waals surface area contributed by atoms with E-state index in [0.29, 0.717) is 17.5 Å². The molecule has 1 aliphatic carbocycles. The molecule has 7 nitrogen and oxygen atoms in total. The van der Waals surface area contributed by atoms with Crippen LogP contribution >= 0.6 is 0 Å². The van der Waals surface area contributed by atoms with Gasteiger partial charge in [-0.15, -0.1) is 0 Å². The third-order valence-corrected chi connectivity index (χ3v) is 3.72. The molecule has 0 radical (unpaired) electrons. The van der Waals surface area contributed by atoms with Gasteiger partial charge >= 0.3 is 6.09 Å². The van der Waals surface area contributed by atoms with Crippen molar-refractivity contribution in [2.24, 2.45) is 18.9 Å². The molecule has 17 heavy (non-hydrogen) atoms. The molecule has 1 saturated carbocycles. The summed E-state index contributed by atoms with van der Waals surface area (Å²) in [4.78, 5) is 12.7. The number of nitrogens with one attached hydrogen (secondary N) is 1. The summed E-state index contributed by atoms with van der Waals surface area (Å²) in [6.45, 7) is 1.69. The molecule has 2 heterocycles. The molecular formula is C10H15N5O2. The van der Waals surface area contributed by atoms with E-state index in [9.17, 15) is 4.79 Å². The van der Waals surface area contributed by atoms with Gasteiger partial charge in [0.15, 0.2) is 0 Å². The molecule has 2 atom stereocenters. The Kier molecular flexibility index (Phi) is 1.98. The average molecular weight is 237 g/mol. The highest BCUT2D eigenvalue weighted by atomic mass is 16.4. The van der Waals surface area contributed by atoms with Gasteiger partial charge in [0.2, 0.25) is 0 Å². The van der Waals surface area contributed by atoms with Crippen LogP contribution in [-0.2, 0) is 7.05 Å². The molecule has 92 valence electrons. The first-order valence-corrected chi connectivity index (χ1v) is 5.60. The van der Waals surface area contributed by atoms with E-state index in [1.807, 2.05) is 7.05 Å². The number of fused-ring (bicyclic) bond motifs is 1. The van der Waals surface area contributed by atoms with Crippen molar-refractivity contribution in [3.63, 3.8) is 0 Å². The van der Waals surface area contributed by atoms with Crippen LogP contribution < -0.4 is 16.0 Å². The van der Waals surface area contributed by atoms with Crippen molar-refractivity contribution in [3.05, 3.63) is 6.20 Å². The van der Waals surface area contributed by atoms with E-state index < -0.39 is 6.09 Å². The monoisotopic (exact) mass is 237 g/mol. The van der Waals surface area contributed by atoms with E-state index in [2.05, 4.69) is 15.3 Å². The van der Waals surface area contributed by atoms with E-state index in [1.165, 1.54) is 0 Å². The maximum absolute atomic E-state index is 10.5. The molecule has 2 aliphatic rings. The standard InChI is InChI=1S/C10H15N5O2/c1-14-9(7(11)2-12-14)15-3-5-6(4-15)8(5)13-10(16)17/h2,5-6,8,13H,3-4,11H2,1H3,(H,16,17). The summed E-state index contributed by atoms with van der Waals surface area (Å²) >= 11 is 0. The van der Waals surface area contributed by atoms with Crippen molar-refractivity contribution in [2.45, 2.75) is 6.04 Å². The molecule has 2 fully saturated rings. The fourth-order valence-electron chi connectivity index (χ4n) is 2.89. The number of nitrogens with zero attached hydrogens (tertiary/aromatic N) is 3. The summed E-state index contributed by atoms with van der Waals surface area (Å²) in [6.07, 6.45) is 0.711. The Morgan fingerprint density at radius 1 is 1.59 bits per heavy atom. The van der Waals surface area contributed by atoms with Crippen LogP contribution in [0.5, 0.6) is 0 Å². The Bertz CT molecular complexity index is 440. The van der Waals surface area contributed by atoms with Gasteiger partial charge in [-0.2, -0.15) is 5.10 Å². The van der Waals surface area contributed by atoms with Gasteiger partial charge in [-0.25, -0.2) is 4.79 Å². The first-order valence-electron chi connectivity index (χ1n) is 5.60. The zero-order chi connectivity index (χ0) is 12.2. The van der Waals surface area contributed by atoms with E-state index in [-0.39, 0.29) is 6.04 Å². The molecular weight excluding hydrogens is 222 g/mol. The van der Waals surface area contributed by atoms with Gasteiger partial charge in [0.1, 0.15) is 5.82 Å². The third kappa shape index (κ3) is 1.49. The first-order chi connectivity index (χ1) is 8.08. The lowest BCUT2D eigenvalue weighted by Gasteiger charge is -2.22. The Morgan fingerprint density at radius 3 is 2.71 bits per heavy atom. The number of hydrogen-bond donors (Lipinski definition) is 3. The van der Waals surface area contributed by atoms with Crippen LogP contribution in [0.1, 0.15) is 0 Å². The first kappa shape index (κ1) is 10.2. The van der Waals surface area contributed by atoms with Crippen molar-refractivity contribution in [1.29, 1.82) is 0 Å². The number of rotatable bonds is 2. The predicted octanol–water partition coefficient (Wildman–Crippen LogP) is -0.295. The molecule has 0 spiro atoms. The zero-order valence-electron chi connectivity index (χ0n) is 9.50. The maximum atomic E-state index is 10.5. The molecule has 1 aliphatic heterocycles. The van der Waals surface area contributed by atoms with Crippen LogP contribution in [0.25, 0.3) is 0 Å². The molecule has 4 N–H and O–H groups in total. The SMILES string of the molecule is Cn1ncc(N)c1N1CC2C(C1)C2NC(=O)O. The Balaban J connectivity index is 1.67. The summed E-state index contributed by atoms with van der Waals surface area (Å²) in [5.41, 5.74) is 6.54. The number of carboxylic acid groups (broad SMARTS) is 1. The molecule has 1 amide bonds. The molecule has 3 rings (SSSR count). The van der Waals surface area contributed by atoms with Crippen LogP contribution in [0.3, 0.4) is 0 Å². The number of aromatic nitrogens is 2. The lowest BCUT2D eigenvalue weighted by molar-refractivity contribution is 0.192. The quantitative estimate of drug-likeness (QED) is 0.656. The lowest BCUT2D eigenvalue weighted by Crippen LogP contribution is -2.34. The minimum absolute atomic E-state index is 0.123. The topological polar surface area (TPSA) is 96.4 Å². The van der Waals surface area contributed by atoms with Crippen molar-refractivity contribution in [1.82, 2.24) is 15.1 Å². The Morgan fingerprint density at radius 2 is 2.24 bits per heavy atom. The fourth-order valence-corrected chi connectivity index (χ4v) is 2.89. The predicted molar refractivity (Wildman–Crippen MR) is 61.8 cm³/mol. The highest BCUT2D eigenvalue weighted by molar-refractivity contribution is 5.67. The molecule has 0 bridgehead atoms. The third-order valence-electron chi connectivity index (χ3n) is 3.72.